The monoisotopic (exact) mass is 292 g/mol. The lowest BCUT2D eigenvalue weighted by Gasteiger charge is -2.08. The Bertz CT molecular complexity index is 773. The molecule has 0 fully saturated rings. The maximum atomic E-state index is 5.96. The van der Waals surface area contributed by atoms with Gasteiger partial charge in [0, 0.05) is 17.8 Å². The number of nitrogen functional groups attached to an aromatic ring is 2. The van der Waals surface area contributed by atoms with Crippen LogP contribution in [0.15, 0.2) is 54.6 Å². The minimum absolute atomic E-state index is 0.156. The summed E-state index contributed by atoms with van der Waals surface area (Å²) in [6.07, 6.45) is 0. The highest BCUT2D eigenvalue weighted by molar-refractivity contribution is 5.72. The number of anilines is 3. The van der Waals surface area contributed by atoms with Crippen molar-refractivity contribution in [1.82, 2.24) is 15.0 Å². The molecule has 1 aromatic heterocycles. The van der Waals surface area contributed by atoms with Crippen molar-refractivity contribution in [3.63, 3.8) is 0 Å². The van der Waals surface area contributed by atoms with Crippen LogP contribution >= 0.6 is 0 Å². The first-order valence-electron chi connectivity index (χ1n) is 6.86. The number of nitrogens with two attached hydrogens (primary N) is 2. The molecule has 110 valence electrons. The predicted molar refractivity (Wildman–Crippen MR) is 87.9 cm³/mol. The van der Waals surface area contributed by atoms with Crippen LogP contribution in [-0.2, 0) is 6.54 Å². The standard InChI is InChI=1S/C16H16N6/c17-13-9-5-4-8-12(13)14-20-15(18)22-16(21-14)19-10-11-6-2-1-3-7-11/h1-9H,10,17H2,(H3,18,19,20,21,22). The Hall–Kier alpha value is -3.15. The number of benzene rings is 2. The minimum Gasteiger partial charge on any atom is -0.398 e. The number of nitrogens with zero attached hydrogens (tertiary/aromatic N) is 3. The molecule has 0 saturated carbocycles. The fraction of sp³-hybridized carbons (Fsp3) is 0.0625. The van der Waals surface area contributed by atoms with E-state index in [1.807, 2.05) is 48.5 Å². The van der Waals surface area contributed by atoms with Crippen LogP contribution in [0, 0.1) is 0 Å². The van der Waals surface area contributed by atoms with Crippen LogP contribution in [0.4, 0.5) is 17.6 Å². The summed E-state index contributed by atoms with van der Waals surface area (Å²) in [5, 5.41) is 3.15. The fourth-order valence-electron chi connectivity index (χ4n) is 2.07. The second-order valence-electron chi connectivity index (χ2n) is 4.77. The molecule has 1 heterocycles. The molecule has 0 radical (unpaired) electrons. The highest BCUT2D eigenvalue weighted by Gasteiger charge is 2.09. The molecule has 0 bridgehead atoms. The van der Waals surface area contributed by atoms with Crippen LogP contribution in [0.25, 0.3) is 11.4 Å². The van der Waals surface area contributed by atoms with Gasteiger partial charge in [-0.25, -0.2) is 0 Å². The summed E-state index contributed by atoms with van der Waals surface area (Å²) >= 11 is 0. The molecule has 0 amide bonds. The third-order valence-corrected chi connectivity index (χ3v) is 3.15. The van der Waals surface area contributed by atoms with Gasteiger partial charge in [0.1, 0.15) is 0 Å². The van der Waals surface area contributed by atoms with E-state index in [4.69, 9.17) is 11.5 Å². The fourth-order valence-corrected chi connectivity index (χ4v) is 2.07. The van der Waals surface area contributed by atoms with Crippen LogP contribution in [0.2, 0.25) is 0 Å². The molecule has 0 unspecified atom stereocenters. The zero-order valence-electron chi connectivity index (χ0n) is 11.9. The van der Waals surface area contributed by atoms with E-state index in [1.54, 1.807) is 6.07 Å². The van der Waals surface area contributed by atoms with Gasteiger partial charge >= 0.3 is 0 Å². The molecule has 0 aliphatic heterocycles. The van der Waals surface area contributed by atoms with Gasteiger partial charge in [-0.1, -0.05) is 42.5 Å². The van der Waals surface area contributed by atoms with Crippen molar-refractivity contribution >= 4 is 17.6 Å². The van der Waals surface area contributed by atoms with E-state index >= 15 is 0 Å². The Morgan fingerprint density at radius 2 is 1.55 bits per heavy atom. The Balaban J connectivity index is 1.86. The van der Waals surface area contributed by atoms with Gasteiger partial charge in [0.25, 0.3) is 0 Å². The maximum absolute atomic E-state index is 5.96. The molecular weight excluding hydrogens is 276 g/mol. The summed E-state index contributed by atoms with van der Waals surface area (Å²) in [4.78, 5) is 12.6. The average Bonchev–Trinajstić information content (AvgIpc) is 2.54. The van der Waals surface area contributed by atoms with Gasteiger partial charge < -0.3 is 16.8 Å². The van der Waals surface area contributed by atoms with Gasteiger partial charge in [0.05, 0.1) is 0 Å². The van der Waals surface area contributed by atoms with Crippen LogP contribution in [0.1, 0.15) is 5.56 Å². The van der Waals surface area contributed by atoms with E-state index in [0.29, 0.717) is 24.0 Å². The Labute approximate surface area is 128 Å². The van der Waals surface area contributed by atoms with Crippen LogP contribution in [-0.4, -0.2) is 15.0 Å². The van der Waals surface area contributed by atoms with E-state index in [1.165, 1.54) is 0 Å². The van der Waals surface area contributed by atoms with Crippen LogP contribution < -0.4 is 16.8 Å². The number of nitrogens with one attached hydrogen (secondary N) is 1. The summed E-state index contributed by atoms with van der Waals surface area (Å²) < 4.78 is 0. The third-order valence-electron chi connectivity index (χ3n) is 3.15. The van der Waals surface area contributed by atoms with Gasteiger partial charge in [-0.05, 0) is 17.7 Å². The van der Waals surface area contributed by atoms with Crippen molar-refractivity contribution in [2.24, 2.45) is 0 Å². The molecule has 0 aliphatic carbocycles. The molecule has 2 aromatic carbocycles. The molecule has 22 heavy (non-hydrogen) atoms. The highest BCUT2D eigenvalue weighted by atomic mass is 15.2. The Kier molecular flexibility index (Phi) is 3.82. The van der Waals surface area contributed by atoms with Crippen LogP contribution in [0.3, 0.4) is 0 Å². The molecule has 5 N–H and O–H groups in total. The van der Waals surface area contributed by atoms with E-state index in [-0.39, 0.29) is 5.95 Å². The van der Waals surface area contributed by atoms with Gasteiger partial charge in [-0.15, -0.1) is 0 Å². The molecule has 0 atom stereocenters. The quantitative estimate of drug-likeness (QED) is 0.638. The molecule has 6 heteroatoms. The lowest BCUT2D eigenvalue weighted by Crippen LogP contribution is -2.08. The van der Waals surface area contributed by atoms with E-state index in [0.717, 1.165) is 11.1 Å². The summed E-state index contributed by atoms with van der Waals surface area (Å²) in [5.74, 6) is 1.04. The molecule has 6 nitrogen and oxygen atoms in total. The van der Waals surface area contributed by atoms with Crippen molar-refractivity contribution in [3.8, 4) is 11.4 Å². The topological polar surface area (TPSA) is 103 Å². The molecular formula is C16H16N6. The van der Waals surface area contributed by atoms with E-state index < -0.39 is 0 Å². The summed E-state index contributed by atoms with van der Waals surface area (Å²) in [7, 11) is 0. The first-order chi connectivity index (χ1) is 10.7. The molecule has 0 aliphatic rings. The van der Waals surface area contributed by atoms with Gasteiger partial charge in [0.15, 0.2) is 5.82 Å². The van der Waals surface area contributed by atoms with Crippen molar-refractivity contribution in [3.05, 3.63) is 60.2 Å². The lowest BCUT2D eigenvalue weighted by atomic mass is 10.2. The third kappa shape index (κ3) is 3.12. The number of hydrogen-bond donors (Lipinski definition) is 3. The van der Waals surface area contributed by atoms with E-state index in [2.05, 4.69) is 20.3 Å². The molecule has 0 spiro atoms. The van der Waals surface area contributed by atoms with Crippen molar-refractivity contribution < 1.29 is 0 Å². The number of para-hydroxylation sites is 1. The second kappa shape index (κ2) is 6.09. The average molecular weight is 292 g/mol. The Morgan fingerprint density at radius 3 is 2.32 bits per heavy atom. The minimum atomic E-state index is 0.156. The van der Waals surface area contributed by atoms with Crippen molar-refractivity contribution in [2.45, 2.75) is 6.54 Å². The van der Waals surface area contributed by atoms with Crippen molar-refractivity contribution in [1.29, 1.82) is 0 Å². The normalized spacial score (nSPS) is 10.4. The number of aromatic nitrogens is 3. The van der Waals surface area contributed by atoms with Gasteiger partial charge in [0.2, 0.25) is 11.9 Å². The first-order valence-corrected chi connectivity index (χ1v) is 6.86. The lowest BCUT2D eigenvalue weighted by molar-refractivity contribution is 1.02. The molecule has 3 aromatic rings. The van der Waals surface area contributed by atoms with E-state index in [9.17, 15) is 0 Å². The number of rotatable bonds is 4. The maximum Gasteiger partial charge on any atom is 0.228 e. The predicted octanol–water partition coefficient (Wildman–Crippen LogP) is 2.32. The molecule has 0 saturated heterocycles. The van der Waals surface area contributed by atoms with Crippen LogP contribution in [0.5, 0.6) is 0 Å². The van der Waals surface area contributed by atoms with Gasteiger partial charge in [-0.2, -0.15) is 15.0 Å². The smallest absolute Gasteiger partial charge is 0.228 e. The Morgan fingerprint density at radius 1 is 0.818 bits per heavy atom. The first kappa shape index (κ1) is 13.8. The summed E-state index contributed by atoms with van der Waals surface area (Å²) in [5.41, 5.74) is 14.2. The summed E-state index contributed by atoms with van der Waals surface area (Å²) in [6, 6.07) is 17.4. The molecule has 3 rings (SSSR count). The second-order valence-corrected chi connectivity index (χ2v) is 4.77. The van der Waals surface area contributed by atoms with Crippen molar-refractivity contribution in [2.75, 3.05) is 16.8 Å². The summed E-state index contributed by atoms with van der Waals surface area (Å²) in [6.45, 7) is 0.605. The zero-order valence-corrected chi connectivity index (χ0v) is 11.9. The SMILES string of the molecule is Nc1nc(NCc2ccccc2)nc(-c2ccccc2N)n1. The highest BCUT2D eigenvalue weighted by Crippen LogP contribution is 2.23. The largest absolute Gasteiger partial charge is 0.398 e. The number of hydrogen-bond acceptors (Lipinski definition) is 6. The zero-order chi connectivity index (χ0) is 15.4. The van der Waals surface area contributed by atoms with Gasteiger partial charge in [-0.3, -0.25) is 0 Å².